The van der Waals surface area contributed by atoms with Gasteiger partial charge in [-0.25, -0.2) is 5.90 Å². The van der Waals surface area contributed by atoms with Crippen LogP contribution in [-0.4, -0.2) is 92.5 Å². The minimum Gasteiger partial charge on any atom is -0.496 e. The highest BCUT2D eigenvalue weighted by molar-refractivity contribution is 7.99. The molecule has 2 aromatic heterocycles. The van der Waals surface area contributed by atoms with Gasteiger partial charge in [0.05, 0.1) is 37.9 Å². The molecule has 338 valence electrons. The summed E-state index contributed by atoms with van der Waals surface area (Å²) in [4.78, 5) is 57.0. The highest BCUT2D eigenvalue weighted by atomic mass is 32.2. The van der Waals surface area contributed by atoms with Crippen molar-refractivity contribution in [2.24, 2.45) is 17.7 Å². The fourth-order valence-corrected chi connectivity index (χ4v) is 6.65. The van der Waals surface area contributed by atoms with E-state index < -0.39 is 0 Å². The molecule has 17 heteroatoms. The first-order chi connectivity index (χ1) is 27.2. The Morgan fingerprint density at radius 3 is 2.46 bits per heavy atom. The number of H-pyrrole nitrogens is 1. The van der Waals surface area contributed by atoms with Crippen molar-refractivity contribution in [1.82, 2.24) is 29.7 Å². The van der Waals surface area contributed by atoms with E-state index in [0.717, 1.165) is 23.3 Å². The predicted octanol–water partition coefficient (Wildman–Crippen LogP) is 5.56. The van der Waals surface area contributed by atoms with Crippen LogP contribution in [0.5, 0.6) is 11.6 Å². The van der Waals surface area contributed by atoms with E-state index in [1.54, 1.807) is 55.2 Å². The second-order valence-electron chi connectivity index (χ2n) is 15.1. The average molecular weight is 854 g/mol. The van der Waals surface area contributed by atoms with Crippen molar-refractivity contribution in [1.29, 1.82) is 0 Å². The maximum atomic E-state index is 12.0. The first-order valence-electron chi connectivity index (χ1n) is 20.1. The van der Waals surface area contributed by atoms with Gasteiger partial charge in [0.2, 0.25) is 11.8 Å². The summed E-state index contributed by atoms with van der Waals surface area (Å²) in [5.74, 6) is 6.71. The number of aromatic nitrogens is 3. The van der Waals surface area contributed by atoms with Crippen molar-refractivity contribution in [3.8, 4) is 11.6 Å². The van der Waals surface area contributed by atoms with Gasteiger partial charge in [0.25, 0.3) is 5.91 Å². The molecule has 59 heavy (non-hydrogen) atoms. The Morgan fingerprint density at radius 2 is 1.88 bits per heavy atom. The quantitative estimate of drug-likeness (QED) is 0.0506. The normalized spacial score (nSPS) is 16.3. The molecule has 2 aliphatic carbocycles. The topological polar surface area (TPSA) is 246 Å². The number of nitrogens with zero attached hydrogens (tertiary/aromatic N) is 3. The van der Waals surface area contributed by atoms with Crippen LogP contribution in [0.3, 0.4) is 0 Å². The Labute approximate surface area is 357 Å². The van der Waals surface area contributed by atoms with Gasteiger partial charge in [-0.1, -0.05) is 38.8 Å². The van der Waals surface area contributed by atoms with Crippen LogP contribution in [0, 0.1) is 18.8 Å². The second-order valence-corrected chi connectivity index (χ2v) is 16.5. The maximum absolute atomic E-state index is 12.0. The van der Waals surface area contributed by atoms with Gasteiger partial charge in [0, 0.05) is 51.8 Å². The molecule has 0 aliphatic heterocycles. The number of fused-ring (bicyclic) bond motifs is 1. The lowest BCUT2D eigenvalue weighted by Gasteiger charge is -2.26. The number of allylic oxidation sites excluding steroid dienone is 2. The molecular formula is C42H75N7O9S. The molecule has 0 spiro atoms. The fraction of sp³-hybridized carbons (Fsp3) is 0.595. The maximum Gasteiger partial charge on any atom is 0.272 e. The van der Waals surface area contributed by atoms with E-state index in [4.69, 9.17) is 15.4 Å². The van der Waals surface area contributed by atoms with Gasteiger partial charge in [0.15, 0.2) is 11.3 Å². The number of rotatable bonds is 19. The number of amides is 3. The first-order valence-corrected chi connectivity index (χ1v) is 20.9. The molecule has 2 heterocycles. The molecule has 2 saturated carbocycles. The summed E-state index contributed by atoms with van der Waals surface area (Å²) in [6, 6.07) is 6.55. The van der Waals surface area contributed by atoms with Crippen LogP contribution in [0.15, 0.2) is 47.4 Å². The number of benzene rings is 1. The summed E-state index contributed by atoms with van der Waals surface area (Å²) in [6.07, 6.45) is 15.5. The number of hydrogen-bond acceptors (Lipinski definition) is 10. The van der Waals surface area contributed by atoms with E-state index in [-0.39, 0.29) is 69.6 Å². The lowest BCUT2D eigenvalue weighted by molar-refractivity contribution is -0.132. The molecule has 16 nitrogen and oxygen atoms in total. The zero-order valence-electron chi connectivity index (χ0n) is 36.3. The zero-order valence-corrected chi connectivity index (χ0v) is 37.1. The van der Waals surface area contributed by atoms with Gasteiger partial charge in [-0.3, -0.25) is 28.6 Å². The highest BCUT2D eigenvalue weighted by Gasteiger charge is 2.44. The van der Waals surface area contributed by atoms with Crippen molar-refractivity contribution in [3.05, 3.63) is 64.1 Å². The summed E-state index contributed by atoms with van der Waals surface area (Å²) in [5, 5.41) is 7.28. The lowest BCUT2D eigenvalue weighted by Crippen LogP contribution is -2.45. The number of nitrogens with one attached hydrogen (secondary N) is 3. The second kappa shape index (κ2) is 25.9. The minimum atomic E-state index is -0.368. The predicted molar refractivity (Wildman–Crippen MR) is 241 cm³/mol. The SMILES string of the molecule is CCC(CON)N(C)C(=O)CNC(=O)c1ccn(CC)n1.CCCCC/C=C\C1CC1C(=O)NSC1(C)CC1.COc1ccc2c(=O)cc(OC(C)C)[nH]c2c1C.O.O.[HH].[HH].[HH]. The summed E-state index contributed by atoms with van der Waals surface area (Å²) < 4.78 is 15.8. The first kappa shape index (κ1) is 52.6. The molecule has 2 aliphatic rings. The molecule has 3 amide bonds. The van der Waals surface area contributed by atoms with E-state index in [1.165, 1.54) is 49.5 Å². The van der Waals surface area contributed by atoms with Crippen LogP contribution in [-0.2, 0) is 21.0 Å². The molecule has 9 N–H and O–H groups in total. The molecule has 3 atom stereocenters. The molecule has 3 aromatic rings. The smallest absolute Gasteiger partial charge is 0.272 e. The van der Waals surface area contributed by atoms with Crippen molar-refractivity contribution in [2.75, 3.05) is 27.3 Å². The van der Waals surface area contributed by atoms with E-state index in [1.807, 2.05) is 34.6 Å². The fourth-order valence-electron chi connectivity index (χ4n) is 5.84. The van der Waals surface area contributed by atoms with Gasteiger partial charge in [-0.2, -0.15) is 5.10 Å². The number of carbonyl (C=O) groups excluding carboxylic acids is 3. The van der Waals surface area contributed by atoms with E-state index in [9.17, 15) is 19.2 Å². The number of unbranched alkanes of at least 4 members (excludes halogenated alkanes) is 3. The number of likely N-dealkylation sites (N-methyl/N-ethyl adjacent to an activating group) is 1. The lowest BCUT2D eigenvalue weighted by atomic mass is 10.1. The van der Waals surface area contributed by atoms with Gasteiger partial charge in [-0.15, -0.1) is 0 Å². The van der Waals surface area contributed by atoms with Crippen LogP contribution < -0.4 is 30.8 Å². The van der Waals surface area contributed by atoms with Gasteiger partial charge in [-0.05, 0) is 109 Å². The third-order valence-electron chi connectivity index (χ3n) is 9.96. The third-order valence-corrected chi connectivity index (χ3v) is 11.2. The van der Waals surface area contributed by atoms with Crippen molar-refractivity contribution < 1.29 is 43.9 Å². The number of pyridine rings is 1. The van der Waals surface area contributed by atoms with E-state index >= 15 is 0 Å². The Hall–Kier alpha value is -4.42. The molecule has 1 aromatic carbocycles. The number of carbonyl (C=O) groups is 3. The average Bonchev–Trinajstić information content (AvgIpc) is 4.09. The Bertz CT molecular complexity index is 1860. The minimum absolute atomic E-state index is 0. The van der Waals surface area contributed by atoms with E-state index in [2.05, 4.69) is 51.0 Å². The summed E-state index contributed by atoms with van der Waals surface area (Å²) in [6.45, 7) is 14.9. The molecule has 2 fully saturated rings. The molecule has 5 rings (SSSR count). The third kappa shape index (κ3) is 17.0. The monoisotopic (exact) mass is 854 g/mol. The standard InChI is InChI=1S/C15H25NOS.C14H17NO3.C13H23N5O3.2H2O.3H2/c1-3-4-5-6-7-8-12-11-13(12)14(17)16-18-15(2)9-10-15;1-8(2)18-13-7-11(16)10-5-6-12(17-4)9(3)14(10)15-13;1-4-10(9-21-14)17(3)12(19)8-15-13(20)11-6-7-18(5-2)16-11;;;;;/h7-8,12-13H,3-6,9-11H2,1-2H3,(H,16,17);5-8H,1-4H3,(H,15,16);6-7,10H,4-5,8-9,14H2,1-3H3,(H,15,20);2*1H2;3*1H/b8-7-;;;;;;;. The Kier molecular flexibility index (Phi) is 23.1. The molecule has 0 radical (unpaired) electrons. The summed E-state index contributed by atoms with van der Waals surface area (Å²) in [7, 11) is 3.27. The van der Waals surface area contributed by atoms with E-state index in [0.29, 0.717) is 40.6 Å². The molecule has 0 bridgehead atoms. The van der Waals surface area contributed by atoms with Gasteiger partial charge >= 0.3 is 0 Å². The summed E-state index contributed by atoms with van der Waals surface area (Å²) >= 11 is 1.63. The van der Waals surface area contributed by atoms with Gasteiger partial charge in [0.1, 0.15) is 11.4 Å². The summed E-state index contributed by atoms with van der Waals surface area (Å²) in [5.41, 5.74) is 1.91. The van der Waals surface area contributed by atoms with Crippen molar-refractivity contribution in [2.45, 2.75) is 123 Å². The number of hydrogen-bond donors (Lipinski definition) is 4. The number of aromatic amines is 1. The van der Waals surface area contributed by atoms with Crippen molar-refractivity contribution in [3.63, 3.8) is 0 Å². The number of nitrogens with two attached hydrogens (primary N) is 1. The van der Waals surface area contributed by atoms with Crippen LogP contribution in [0.4, 0.5) is 0 Å². The van der Waals surface area contributed by atoms with Gasteiger partial charge < -0.3 is 40.5 Å². The number of aryl methyl sites for hydroxylation is 2. The molecule has 0 saturated heterocycles. The number of ether oxygens (including phenoxy) is 2. The Morgan fingerprint density at radius 1 is 1.17 bits per heavy atom. The van der Waals surface area contributed by atoms with Crippen molar-refractivity contribution >= 4 is 40.6 Å². The molecular weight excluding hydrogens is 779 g/mol. The number of methoxy groups -OCH3 is 1. The van der Waals surface area contributed by atoms with Crippen LogP contribution in [0.1, 0.15) is 113 Å². The van der Waals surface area contributed by atoms with Crippen LogP contribution >= 0.6 is 11.9 Å². The molecule has 3 unspecified atom stereocenters. The highest BCUT2D eigenvalue weighted by Crippen LogP contribution is 2.47. The zero-order chi connectivity index (χ0) is 42.1. The Balaban J connectivity index is -0.000000812. The van der Waals surface area contributed by atoms with Crippen LogP contribution in [0.2, 0.25) is 0 Å². The largest absolute Gasteiger partial charge is 0.496 e. The van der Waals surface area contributed by atoms with Crippen LogP contribution in [0.25, 0.3) is 10.9 Å².